The Labute approximate surface area is 92.1 Å². The van der Waals surface area contributed by atoms with E-state index in [0.29, 0.717) is 12.1 Å². The average Bonchev–Trinajstić information content (AvgIpc) is 2.78. The van der Waals surface area contributed by atoms with Crippen molar-refractivity contribution in [2.75, 3.05) is 13.1 Å². The fourth-order valence-corrected chi connectivity index (χ4v) is 2.49. The topological polar surface area (TPSA) is 29.3 Å². The molecule has 2 unspecified atom stereocenters. The van der Waals surface area contributed by atoms with Crippen molar-refractivity contribution in [1.82, 2.24) is 4.90 Å². The molecule has 0 spiro atoms. The number of nitrogens with zero attached hydrogens (tertiary/aromatic N) is 1. The molecular formula is C13H20N2. The van der Waals surface area contributed by atoms with Gasteiger partial charge in [-0.2, -0.15) is 0 Å². The average molecular weight is 204 g/mol. The second-order valence-corrected chi connectivity index (χ2v) is 4.39. The molecule has 1 aromatic carbocycles. The van der Waals surface area contributed by atoms with Crippen LogP contribution in [0.25, 0.3) is 0 Å². The first-order valence-corrected chi connectivity index (χ1v) is 5.83. The molecule has 1 fully saturated rings. The van der Waals surface area contributed by atoms with Gasteiger partial charge in [0.15, 0.2) is 0 Å². The van der Waals surface area contributed by atoms with Crippen LogP contribution < -0.4 is 5.73 Å². The van der Waals surface area contributed by atoms with Crippen molar-refractivity contribution in [2.24, 2.45) is 5.73 Å². The van der Waals surface area contributed by atoms with Gasteiger partial charge in [0.05, 0.1) is 0 Å². The molecule has 1 saturated heterocycles. The molecule has 0 radical (unpaired) electrons. The number of hydrogen-bond donors (Lipinski definition) is 1. The van der Waals surface area contributed by atoms with Crippen LogP contribution in [0.1, 0.15) is 31.4 Å². The van der Waals surface area contributed by atoms with E-state index >= 15 is 0 Å². The molecule has 1 aliphatic rings. The van der Waals surface area contributed by atoms with Crippen LogP contribution >= 0.6 is 0 Å². The molecule has 2 heteroatoms. The SMILES string of the molecule is CC(CN)N1CCCC1c1ccccc1. The molecular weight excluding hydrogens is 184 g/mol. The molecule has 0 aliphatic carbocycles. The molecule has 2 nitrogen and oxygen atoms in total. The fourth-order valence-electron chi connectivity index (χ4n) is 2.49. The van der Waals surface area contributed by atoms with E-state index in [4.69, 9.17) is 5.73 Å². The predicted octanol–water partition coefficient (Wildman–Crippen LogP) is 2.17. The summed E-state index contributed by atoms with van der Waals surface area (Å²) < 4.78 is 0. The highest BCUT2D eigenvalue weighted by molar-refractivity contribution is 5.20. The summed E-state index contributed by atoms with van der Waals surface area (Å²) in [4.78, 5) is 2.54. The van der Waals surface area contributed by atoms with Crippen molar-refractivity contribution in [1.29, 1.82) is 0 Å². The first-order chi connectivity index (χ1) is 7.33. The molecule has 2 rings (SSSR count). The van der Waals surface area contributed by atoms with E-state index in [2.05, 4.69) is 42.2 Å². The van der Waals surface area contributed by atoms with Crippen molar-refractivity contribution in [3.63, 3.8) is 0 Å². The van der Waals surface area contributed by atoms with E-state index in [9.17, 15) is 0 Å². The lowest BCUT2D eigenvalue weighted by Crippen LogP contribution is -2.37. The van der Waals surface area contributed by atoms with Crippen LogP contribution in [0.2, 0.25) is 0 Å². The lowest BCUT2D eigenvalue weighted by molar-refractivity contribution is 0.197. The van der Waals surface area contributed by atoms with E-state index in [0.717, 1.165) is 6.54 Å². The molecule has 15 heavy (non-hydrogen) atoms. The van der Waals surface area contributed by atoms with Gasteiger partial charge in [-0.15, -0.1) is 0 Å². The van der Waals surface area contributed by atoms with Crippen LogP contribution in [0.3, 0.4) is 0 Å². The van der Waals surface area contributed by atoms with Gasteiger partial charge in [0, 0.05) is 18.6 Å². The van der Waals surface area contributed by atoms with Gasteiger partial charge in [0.2, 0.25) is 0 Å². The standard InChI is InChI=1S/C13H20N2/c1-11(10-14)15-9-5-8-13(15)12-6-3-2-4-7-12/h2-4,6-7,11,13H,5,8-10,14H2,1H3. The highest BCUT2D eigenvalue weighted by Gasteiger charge is 2.28. The minimum Gasteiger partial charge on any atom is -0.329 e. The van der Waals surface area contributed by atoms with Crippen LogP contribution in [-0.4, -0.2) is 24.0 Å². The molecule has 1 aliphatic heterocycles. The van der Waals surface area contributed by atoms with Crippen LogP contribution in [-0.2, 0) is 0 Å². The third kappa shape index (κ3) is 2.21. The minimum absolute atomic E-state index is 0.498. The molecule has 0 bridgehead atoms. The number of hydrogen-bond acceptors (Lipinski definition) is 2. The van der Waals surface area contributed by atoms with E-state index in [-0.39, 0.29) is 0 Å². The number of benzene rings is 1. The first-order valence-electron chi connectivity index (χ1n) is 5.83. The van der Waals surface area contributed by atoms with Crippen LogP contribution in [0.15, 0.2) is 30.3 Å². The lowest BCUT2D eigenvalue weighted by Gasteiger charge is -2.30. The Balaban J connectivity index is 2.15. The Morgan fingerprint density at radius 3 is 2.80 bits per heavy atom. The number of likely N-dealkylation sites (tertiary alicyclic amines) is 1. The van der Waals surface area contributed by atoms with Crippen LogP contribution in [0, 0.1) is 0 Å². The Kier molecular flexibility index (Phi) is 3.39. The maximum Gasteiger partial charge on any atom is 0.0351 e. The highest BCUT2D eigenvalue weighted by atomic mass is 15.2. The zero-order valence-corrected chi connectivity index (χ0v) is 9.39. The molecule has 2 atom stereocenters. The fraction of sp³-hybridized carbons (Fsp3) is 0.538. The summed E-state index contributed by atoms with van der Waals surface area (Å²) in [7, 11) is 0. The molecule has 0 aromatic heterocycles. The van der Waals surface area contributed by atoms with Gasteiger partial charge in [-0.3, -0.25) is 4.90 Å². The third-order valence-corrected chi connectivity index (χ3v) is 3.39. The summed E-state index contributed by atoms with van der Waals surface area (Å²) in [5.74, 6) is 0. The zero-order valence-electron chi connectivity index (χ0n) is 9.39. The summed E-state index contributed by atoms with van der Waals surface area (Å²) >= 11 is 0. The normalized spacial score (nSPS) is 24.3. The second kappa shape index (κ2) is 4.77. The van der Waals surface area contributed by atoms with E-state index in [1.807, 2.05) is 0 Å². The summed E-state index contributed by atoms with van der Waals surface area (Å²) in [6.45, 7) is 4.17. The maximum absolute atomic E-state index is 5.75. The Bertz CT molecular complexity index is 297. The van der Waals surface area contributed by atoms with Gasteiger partial charge in [0.25, 0.3) is 0 Å². The summed E-state index contributed by atoms with van der Waals surface area (Å²) in [6, 6.07) is 11.9. The Morgan fingerprint density at radius 1 is 1.40 bits per heavy atom. The van der Waals surface area contributed by atoms with E-state index in [1.54, 1.807) is 0 Å². The van der Waals surface area contributed by atoms with Gasteiger partial charge >= 0.3 is 0 Å². The Morgan fingerprint density at radius 2 is 2.13 bits per heavy atom. The Hall–Kier alpha value is -0.860. The van der Waals surface area contributed by atoms with Gasteiger partial charge in [-0.25, -0.2) is 0 Å². The van der Waals surface area contributed by atoms with Gasteiger partial charge in [0.1, 0.15) is 0 Å². The highest BCUT2D eigenvalue weighted by Crippen LogP contribution is 2.32. The predicted molar refractivity (Wildman–Crippen MR) is 63.6 cm³/mol. The first kappa shape index (κ1) is 10.7. The molecule has 1 aromatic rings. The quantitative estimate of drug-likeness (QED) is 0.817. The second-order valence-electron chi connectivity index (χ2n) is 4.39. The van der Waals surface area contributed by atoms with Gasteiger partial charge < -0.3 is 5.73 Å². The van der Waals surface area contributed by atoms with Crippen molar-refractivity contribution < 1.29 is 0 Å². The van der Waals surface area contributed by atoms with Gasteiger partial charge in [-0.1, -0.05) is 30.3 Å². The number of rotatable bonds is 3. The summed E-state index contributed by atoms with van der Waals surface area (Å²) in [5.41, 5.74) is 7.19. The lowest BCUT2D eigenvalue weighted by atomic mass is 10.0. The third-order valence-electron chi connectivity index (χ3n) is 3.39. The zero-order chi connectivity index (χ0) is 10.7. The van der Waals surface area contributed by atoms with Crippen LogP contribution in [0.5, 0.6) is 0 Å². The van der Waals surface area contributed by atoms with Crippen LogP contribution in [0.4, 0.5) is 0 Å². The van der Waals surface area contributed by atoms with Crippen molar-refractivity contribution in [3.05, 3.63) is 35.9 Å². The molecule has 0 saturated carbocycles. The molecule has 2 N–H and O–H groups in total. The monoisotopic (exact) mass is 204 g/mol. The van der Waals surface area contributed by atoms with E-state index in [1.165, 1.54) is 24.9 Å². The molecule has 1 heterocycles. The maximum atomic E-state index is 5.75. The van der Waals surface area contributed by atoms with Gasteiger partial charge in [-0.05, 0) is 31.9 Å². The number of nitrogens with two attached hydrogens (primary N) is 1. The summed E-state index contributed by atoms with van der Waals surface area (Å²) in [6.07, 6.45) is 2.57. The van der Waals surface area contributed by atoms with E-state index < -0.39 is 0 Å². The van der Waals surface area contributed by atoms with Crippen molar-refractivity contribution in [3.8, 4) is 0 Å². The largest absolute Gasteiger partial charge is 0.329 e. The molecule has 0 amide bonds. The van der Waals surface area contributed by atoms with Crippen molar-refractivity contribution >= 4 is 0 Å². The summed E-state index contributed by atoms with van der Waals surface area (Å²) in [5, 5.41) is 0. The molecule has 82 valence electrons. The minimum atomic E-state index is 0.498. The van der Waals surface area contributed by atoms with Crippen molar-refractivity contribution in [2.45, 2.75) is 31.8 Å². The smallest absolute Gasteiger partial charge is 0.0351 e.